The van der Waals surface area contributed by atoms with Crippen molar-refractivity contribution in [2.75, 3.05) is 32.7 Å². The summed E-state index contributed by atoms with van der Waals surface area (Å²) in [7, 11) is 1.89. The van der Waals surface area contributed by atoms with E-state index in [-0.39, 0.29) is 29.9 Å². The Balaban J connectivity index is 1.57. The van der Waals surface area contributed by atoms with Crippen LogP contribution in [0.4, 0.5) is 4.79 Å². The zero-order valence-corrected chi connectivity index (χ0v) is 17.1. The summed E-state index contributed by atoms with van der Waals surface area (Å²) in [5, 5.41) is 10.4. The molecule has 0 saturated carbocycles. The van der Waals surface area contributed by atoms with Crippen LogP contribution in [-0.4, -0.2) is 76.3 Å². The Kier molecular flexibility index (Phi) is 6.39. The van der Waals surface area contributed by atoms with E-state index in [1.54, 1.807) is 6.20 Å². The van der Waals surface area contributed by atoms with Crippen molar-refractivity contribution < 1.29 is 9.59 Å². The molecule has 0 spiro atoms. The van der Waals surface area contributed by atoms with Gasteiger partial charge in [0, 0.05) is 70.5 Å². The van der Waals surface area contributed by atoms with Gasteiger partial charge in [0.2, 0.25) is 5.91 Å². The number of nitrogens with zero attached hydrogens (tertiary/aromatic N) is 4. The number of aromatic nitrogens is 2. The van der Waals surface area contributed by atoms with Crippen molar-refractivity contribution in [3.8, 4) is 0 Å². The van der Waals surface area contributed by atoms with E-state index in [1.807, 2.05) is 29.6 Å². The number of hydrogen-bond acceptors (Lipinski definition) is 4. The van der Waals surface area contributed by atoms with Crippen LogP contribution in [0.3, 0.4) is 0 Å². The van der Waals surface area contributed by atoms with Gasteiger partial charge in [-0.05, 0) is 25.8 Å². The van der Waals surface area contributed by atoms with Crippen LogP contribution in [0.25, 0.3) is 0 Å². The first kappa shape index (κ1) is 20.4. The van der Waals surface area contributed by atoms with Crippen LogP contribution in [0, 0.1) is 0 Å². The third-order valence-corrected chi connectivity index (χ3v) is 5.64. The number of aryl methyl sites for hydroxylation is 1. The molecular weight excluding hydrogens is 356 g/mol. The summed E-state index contributed by atoms with van der Waals surface area (Å²) in [6, 6.07) is 2.01. The van der Waals surface area contributed by atoms with Gasteiger partial charge in [0.05, 0.1) is 6.04 Å². The third-order valence-electron chi connectivity index (χ3n) is 5.64. The van der Waals surface area contributed by atoms with Crippen LogP contribution in [0.2, 0.25) is 0 Å². The summed E-state index contributed by atoms with van der Waals surface area (Å²) in [6.07, 6.45) is 3.65. The molecule has 0 unspecified atom stereocenters. The zero-order chi connectivity index (χ0) is 20.3. The molecule has 2 fully saturated rings. The molecular formula is C20H32N6O2. The standard InChI is InChI=1S/C20H32N6O2/c1-14(2)11-25-9-6-16(7-10-25)23-20(28)26-12-17(18(13-26)22-15(3)27)19-5-8-21-24(19)4/h5,8,16-18H,1,6-7,9-13H2,2-4H3,(H,22,27)(H,23,28)/t17-,18-/m1/s1. The highest BCUT2D eigenvalue weighted by atomic mass is 16.2. The fourth-order valence-electron chi connectivity index (χ4n) is 4.31. The fourth-order valence-corrected chi connectivity index (χ4v) is 4.31. The number of carbonyl (C=O) groups excluding carboxylic acids is 2. The van der Waals surface area contributed by atoms with Crippen LogP contribution < -0.4 is 10.6 Å². The minimum absolute atomic E-state index is 0.0413. The monoisotopic (exact) mass is 388 g/mol. The average molecular weight is 389 g/mol. The zero-order valence-electron chi connectivity index (χ0n) is 17.1. The van der Waals surface area contributed by atoms with Crippen molar-refractivity contribution in [1.82, 2.24) is 30.2 Å². The van der Waals surface area contributed by atoms with E-state index < -0.39 is 0 Å². The lowest BCUT2D eigenvalue weighted by atomic mass is 9.99. The van der Waals surface area contributed by atoms with E-state index in [0.717, 1.165) is 38.2 Å². The average Bonchev–Trinajstić information content (AvgIpc) is 3.21. The van der Waals surface area contributed by atoms with E-state index in [9.17, 15) is 9.59 Å². The van der Waals surface area contributed by atoms with Crippen LogP contribution in [0.15, 0.2) is 24.4 Å². The van der Waals surface area contributed by atoms with Gasteiger partial charge < -0.3 is 15.5 Å². The van der Waals surface area contributed by atoms with E-state index >= 15 is 0 Å². The summed E-state index contributed by atoms with van der Waals surface area (Å²) in [6.45, 7) is 11.5. The molecule has 0 bridgehead atoms. The lowest BCUT2D eigenvalue weighted by molar-refractivity contribution is -0.119. The number of rotatable bonds is 5. The van der Waals surface area contributed by atoms with Gasteiger partial charge in [-0.1, -0.05) is 12.2 Å². The molecule has 1 aromatic heterocycles. The van der Waals surface area contributed by atoms with Crippen LogP contribution in [0.1, 0.15) is 38.3 Å². The molecule has 3 heterocycles. The van der Waals surface area contributed by atoms with E-state index in [2.05, 4.69) is 27.2 Å². The summed E-state index contributed by atoms with van der Waals surface area (Å²) < 4.78 is 1.82. The number of urea groups is 1. The smallest absolute Gasteiger partial charge is 0.317 e. The molecule has 2 aliphatic rings. The Hall–Kier alpha value is -2.35. The van der Waals surface area contributed by atoms with E-state index in [1.165, 1.54) is 12.5 Å². The Morgan fingerprint density at radius 2 is 1.93 bits per heavy atom. The first-order chi connectivity index (χ1) is 13.3. The molecule has 28 heavy (non-hydrogen) atoms. The lowest BCUT2D eigenvalue weighted by Crippen LogP contribution is -2.49. The third kappa shape index (κ3) is 4.92. The lowest BCUT2D eigenvalue weighted by Gasteiger charge is -2.33. The first-order valence-corrected chi connectivity index (χ1v) is 10.0. The van der Waals surface area contributed by atoms with Gasteiger partial charge in [-0.25, -0.2) is 4.79 Å². The molecule has 0 radical (unpaired) electrons. The highest BCUT2D eigenvalue weighted by Gasteiger charge is 2.38. The fraction of sp³-hybridized carbons (Fsp3) is 0.650. The van der Waals surface area contributed by atoms with Crippen molar-refractivity contribution in [2.24, 2.45) is 7.05 Å². The molecule has 3 amide bonds. The topological polar surface area (TPSA) is 82.5 Å². The maximum atomic E-state index is 12.9. The molecule has 2 atom stereocenters. The first-order valence-electron chi connectivity index (χ1n) is 10.0. The van der Waals surface area contributed by atoms with Gasteiger partial charge >= 0.3 is 6.03 Å². The van der Waals surface area contributed by atoms with Gasteiger partial charge in [0.1, 0.15) is 0 Å². The molecule has 2 aliphatic heterocycles. The molecule has 1 aromatic rings. The Labute approximate surface area is 166 Å². The predicted molar refractivity (Wildman–Crippen MR) is 108 cm³/mol. The highest BCUT2D eigenvalue weighted by Crippen LogP contribution is 2.27. The Morgan fingerprint density at radius 3 is 2.50 bits per heavy atom. The number of likely N-dealkylation sites (tertiary alicyclic amines) is 2. The van der Waals surface area contributed by atoms with Crippen molar-refractivity contribution in [1.29, 1.82) is 0 Å². The summed E-state index contributed by atoms with van der Waals surface area (Å²) in [4.78, 5) is 28.7. The van der Waals surface area contributed by atoms with Crippen molar-refractivity contribution >= 4 is 11.9 Å². The SMILES string of the molecule is C=C(C)CN1CCC(NC(=O)N2C[C@@H](NC(C)=O)[C@H](c3ccnn3C)C2)CC1. The van der Waals surface area contributed by atoms with Gasteiger partial charge in [0.15, 0.2) is 0 Å². The van der Waals surface area contributed by atoms with Crippen molar-refractivity contribution in [3.05, 3.63) is 30.1 Å². The van der Waals surface area contributed by atoms with Crippen molar-refractivity contribution in [3.63, 3.8) is 0 Å². The molecule has 2 saturated heterocycles. The van der Waals surface area contributed by atoms with Gasteiger partial charge in [-0.3, -0.25) is 14.4 Å². The largest absolute Gasteiger partial charge is 0.351 e. The summed E-state index contributed by atoms with van der Waals surface area (Å²) in [5.74, 6) is -0.0381. The normalized spacial score (nSPS) is 23.6. The van der Waals surface area contributed by atoms with Gasteiger partial charge in [0.25, 0.3) is 0 Å². The minimum atomic E-state index is -0.101. The quantitative estimate of drug-likeness (QED) is 0.740. The summed E-state index contributed by atoms with van der Waals surface area (Å²) in [5.41, 5.74) is 2.20. The number of hydrogen-bond donors (Lipinski definition) is 2. The second-order valence-corrected chi connectivity index (χ2v) is 8.16. The maximum Gasteiger partial charge on any atom is 0.317 e. The van der Waals surface area contributed by atoms with E-state index in [4.69, 9.17) is 0 Å². The maximum absolute atomic E-state index is 12.9. The van der Waals surface area contributed by atoms with Crippen molar-refractivity contribution in [2.45, 2.75) is 44.7 Å². The predicted octanol–water partition coefficient (Wildman–Crippen LogP) is 1.07. The molecule has 154 valence electrons. The van der Waals surface area contributed by atoms with Gasteiger partial charge in [-0.2, -0.15) is 5.10 Å². The Morgan fingerprint density at radius 1 is 1.21 bits per heavy atom. The number of amides is 3. The highest BCUT2D eigenvalue weighted by molar-refractivity contribution is 5.76. The molecule has 8 heteroatoms. The van der Waals surface area contributed by atoms with E-state index in [0.29, 0.717) is 13.1 Å². The number of carbonyl (C=O) groups is 2. The number of piperidine rings is 1. The molecule has 0 aliphatic carbocycles. The second-order valence-electron chi connectivity index (χ2n) is 8.16. The Bertz CT molecular complexity index is 722. The van der Waals surface area contributed by atoms with Crippen LogP contribution in [0.5, 0.6) is 0 Å². The molecule has 8 nitrogen and oxygen atoms in total. The minimum Gasteiger partial charge on any atom is -0.351 e. The summed E-state index contributed by atoms with van der Waals surface area (Å²) >= 11 is 0. The number of nitrogens with one attached hydrogen (secondary N) is 2. The van der Waals surface area contributed by atoms with Gasteiger partial charge in [-0.15, -0.1) is 0 Å². The second kappa shape index (κ2) is 8.77. The van der Waals surface area contributed by atoms with Crippen LogP contribution >= 0.6 is 0 Å². The van der Waals surface area contributed by atoms with Crippen LogP contribution in [-0.2, 0) is 11.8 Å². The molecule has 0 aromatic carbocycles. The molecule has 3 rings (SSSR count). The molecule has 2 N–H and O–H groups in total.